The third-order valence-corrected chi connectivity index (χ3v) is 6.31. The van der Waals surface area contributed by atoms with Gasteiger partial charge in [0.05, 0.1) is 11.1 Å². The average Bonchev–Trinajstić information content (AvgIpc) is 2.60. The highest BCUT2D eigenvalue weighted by Crippen LogP contribution is 2.22. The van der Waals surface area contributed by atoms with Crippen LogP contribution in [-0.4, -0.2) is 31.8 Å². The molecule has 0 unspecified atom stereocenters. The number of rotatable bonds is 4. The second-order valence-electron chi connectivity index (χ2n) is 6.05. The van der Waals surface area contributed by atoms with Crippen LogP contribution in [-0.2, 0) is 27.8 Å². The van der Waals surface area contributed by atoms with Gasteiger partial charge in [0, 0.05) is 13.1 Å². The summed E-state index contributed by atoms with van der Waals surface area (Å²) >= 11 is 5.96. The van der Waals surface area contributed by atoms with Gasteiger partial charge in [0.25, 0.3) is 0 Å². The van der Waals surface area contributed by atoms with E-state index in [1.54, 1.807) is 24.0 Å². The van der Waals surface area contributed by atoms with Crippen molar-refractivity contribution in [3.05, 3.63) is 64.7 Å². The molecule has 0 saturated carbocycles. The molecule has 7 heteroatoms. The number of carbonyl (C=O) groups is 1. The molecule has 1 heterocycles. The molecule has 0 fully saturated rings. The number of hydrogen-bond acceptors (Lipinski definition) is 3. The Morgan fingerprint density at radius 1 is 1.12 bits per heavy atom. The van der Waals surface area contributed by atoms with Gasteiger partial charge < -0.3 is 4.90 Å². The van der Waals surface area contributed by atoms with Crippen LogP contribution in [0.25, 0.3) is 0 Å². The molecule has 0 radical (unpaired) electrons. The molecule has 3 rings (SSSR count). The topological polar surface area (TPSA) is 66.5 Å². The molecule has 0 saturated heterocycles. The Balaban J connectivity index is 1.72. The second-order valence-corrected chi connectivity index (χ2v) is 8.14. The predicted octanol–water partition coefficient (Wildman–Crippen LogP) is 2.59. The first-order valence-corrected chi connectivity index (χ1v) is 9.87. The Kier molecular flexibility index (Phi) is 5.13. The number of carbonyl (C=O) groups excluding carboxylic acids is 1. The van der Waals surface area contributed by atoms with Gasteiger partial charge >= 0.3 is 0 Å². The maximum absolute atomic E-state index is 12.7. The summed E-state index contributed by atoms with van der Waals surface area (Å²) in [4.78, 5) is 14.3. The zero-order chi connectivity index (χ0) is 18.0. The number of amides is 1. The van der Waals surface area contributed by atoms with Gasteiger partial charge in [-0.3, -0.25) is 4.79 Å². The number of benzene rings is 2. The quantitative estimate of drug-likeness (QED) is 0.889. The fraction of sp³-hybridized carbons (Fsp3) is 0.278. The predicted molar refractivity (Wildman–Crippen MR) is 96.8 cm³/mol. The summed E-state index contributed by atoms with van der Waals surface area (Å²) in [6, 6.07) is 13.3. The van der Waals surface area contributed by atoms with E-state index >= 15 is 0 Å². The summed E-state index contributed by atoms with van der Waals surface area (Å²) in [6.07, 6.45) is 0.770. The molecule has 0 bridgehead atoms. The lowest BCUT2D eigenvalue weighted by molar-refractivity contribution is -0.133. The van der Waals surface area contributed by atoms with Crippen LogP contribution in [0.5, 0.6) is 0 Å². The molecule has 0 aliphatic carbocycles. The summed E-state index contributed by atoms with van der Waals surface area (Å²) in [6.45, 7) is 2.62. The maximum atomic E-state index is 12.7. The second kappa shape index (κ2) is 7.15. The Bertz CT molecular complexity index is 899. The van der Waals surface area contributed by atoms with Gasteiger partial charge in [-0.1, -0.05) is 48.0 Å². The van der Waals surface area contributed by atoms with E-state index < -0.39 is 16.1 Å². The summed E-state index contributed by atoms with van der Waals surface area (Å²) in [5, 5.41) is 0.126. The van der Waals surface area contributed by atoms with Gasteiger partial charge in [0.1, 0.15) is 4.90 Å². The minimum Gasteiger partial charge on any atom is -0.337 e. The third kappa shape index (κ3) is 3.86. The fourth-order valence-electron chi connectivity index (χ4n) is 2.97. The monoisotopic (exact) mass is 378 g/mol. The molecule has 5 nitrogen and oxygen atoms in total. The lowest BCUT2D eigenvalue weighted by Crippen LogP contribution is -2.48. The van der Waals surface area contributed by atoms with Gasteiger partial charge in [0.15, 0.2) is 0 Å². The zero-order valence-corrected chi connectivity index (χ0v) is 15.3. The van der Waals surface area contributed by atoms with Crippen molar-refractivity contribution in [2.24, 2.45) is 0 Å². The van der Waals surface area contributed by atoms with Crippen LogP contribution in [0.2, 0.25) is 5.02 Å². The third-order valence-electron chi connectivity index (χ3n) is 4.27. The van der Waals surface area contributed by atoms with Crippen molar-refractivity contribution in [3.8, 4) is 0 Å². The van der Waals surface area contributed by atoms with Crippen molar-refractivity contribution in [1.82, 2.24) is 9.62 Å². The van der Waals surface area contributed by atoms with Crippen molar-refractivity contribution in [2.75, 3.05) is 6.54 Å². The van der Waals surface area contributed by atoms with Crippen molar-refractivity contribution in [1.29, 1.82) is 0 Å². The van der Waals surface area contributed by atoms with E-state index in [4.69, 9.17) is 11.6 Å². The molecule has 132 valence electrons. The number of nitrogens with one attached hydrogen (secondary N) is 1. The Labute approximate surface area is 152 Å². The van der Waals surface area contributed by atoms with Gasteiger partial charge in [0.2, 0.25) is 15.9 Å². The Morgan fingerprint density at radius 3 is 2.48 bits per heavy atom. The average molecular weight is 379 g/mol. The van der Waals surface area contributed by atoms with E-state index in [1.165, 1.54) is 17.7 Å². The molecule has 0 aromatic heterocycles. The van der Waals surface area contributed by atoms with Crippen LogP contribution in [0.1, 0.15) is 18.1 Å². The van der Waals surface area contributed by atoms with Crippen LogP contribution in [0.15, 0.2) is 53.4 Å². The number of hydrogen-bond donors (Lipinski definition) is 1. The van der Waals surface area contributed by atoms with E-state index in [1.807, 2.05) is 18.2 Å². The highest BCUT2D eigenvalue weighted by Gasteiger charge is 2.28. The maximum Gasteiger partial charge on any atom is 0.242 e. The van der Waals surface area contributed by atoms with Crippen LogP contribution in [0.3, 0.4) is 0 Å². The SMILES string of the molecule is C[C@H](NS(=O)(=O)c1ccccc1Cl)C(=O)N1CCc2ccccc2C1. The fourth-order valence-corrected chi connectivity index (χ4v) is 4.68. The summed E-state index contributed by atoms with van der Waals surface area (Å²) in [5.74, 6) is -0.245. The van der Waals surface area contributed by atoms with Gasteiger partial charge in [-0.05, 0) is 36.6 Å². The van der Waals surface area contributed by atoms with Crippen LogP contribution < -0.4 is 4.72 Å². The highest BCUT2D eigenvalue weighted by molar-refractivity contribution is 7.89. The first-order valence-electron chi connectivity index (χ1n) is 8.01. The normalized spacial score (nSPS) is 15.5. The molecular weight excluding hydrogens is 360 g/mol. The molecule has 2 aromatic rings. The molecule has 25 heavy (non-hydrogen) atoms. The first-order chi connectivity index (χ1) is 11.9. The van der Waals surface area contributed by atoms with Crippen molar-refractivity contribution in [2.45, 2.75) is 30.8 Å². The number of sulfonamides is 1. The van der Waals surface area contributed by atoms with Crippen LogP contribution in [0.4, 0.5) is 0 Å². The van der Waals surface area contributed by atoms with E-state index in [0.29, 0.717) is 13.1 Å². The lowest BCUT2D eigenvalue weighted by atomic mass is 9.99. The summed E-state index contributed by atoms with van der Waals surface area (Å²) < 4.78 is 27.4. The van der Waals surface area contributed by atoms with E-state index in [0.717, 1.165) is 12.0 Å². The molecule has 1 aliphatic rings. The smallest absolute Gasteiger partial charge is 0.242 e. The number of nitrogens with zero attached hydrogens (tertiary/aromatic N) is 1. The zero-order valence-electron chi connectivity index (χ0n) is 13.8. The number of halogens is 1. The van der Waals surface area contributed by atoms with Crippen molar-refractivity contribution in [3.63, 3.8) is 0 Å². The lowest BCUT2D eigenvalue weighted by Gasteiger charge is -2.31. The van der Waals surface area contributed by atoms with E-state index in [9.17, 15) is 13.2 Å². The highest BCUT2D eigenvalue weighted by atomic mass is 35.5. The van der Waals surface area contributed by atoms with Gasteiger partial charge in [-0.15, -0.1) is 0 Å². The molecule has 1 aliphatic heterocycles. The van der Waals surface area contributed by atoms with Crippen molar-refractivity contribution >= 4 is 27.5 Å². The Hall–Kier alpha value is -1.89. The largest absolute Gasteiger partial charge is 0.337 e. The van der Waals surface area contributed by atoms with E-state index in [2.05, 4.69) is 10.8 Å². The molecule has 1 N–H and O–H groups in total. The summed E-state index contributed by atoms with van der Waals surface area (Å²) in [5.41, 5.74) is 2.33. The van der Waals surface area contributed by atoms with Crippen LogP contribution >= 0.6 is 11.6 Å². The van der Waals surface area contributed by atoms with Gasteiger partial charge in [-0.2, -0.15) is 4.72 Å². The molecule has 2 aromatic carbocycles. The van der Waals surface area contributed by atoms with Crippen molar-refractivity contribution < 1.29 is 13.2 Å². The first kappa shape index (κ1) is 17.9. The Morgan fingerprint density at radius 2 is 1.76 bits per heavy atom. The molecule has 0 spiro atoms. The standard InChI is InChI=1S/C18H19ClN2O3S/c1-13(20-25(23,24)17-9-5-4-8-16(17)19)18(22)21-11-10-14-6-2-3-7-15(14)12-21/h2-9,13,20H,10-12H2,1H3/t13-/m0/s1. The number of fused-ring (bicyclic) bond motifs is 1. The minimum atomic E-state index is -3.86. The minimum absolute atomic E-state index is 0.0275. The van der Waals surface area contributed by atoms with E-state index in [-0.39, 0.29) is 15.8 Å². The molecule has 1 amide bonds. The van der Waals surface area contributed by atoms with Crippen LogP contribution in [0, 0.1) is 0 Å². The molecule has 1 atom stereocenters. The van der Waals surface area contributed by atoms with Gasteiger partial charge in [-0.25, -0.2) is 8.42 Å². The summed E-state index contributed by atoms with van der Waals surface area (Å²) in [7, 11) is -3.86. The molecular formula is C18H19ClN2O3S.